The van der Waals surface area contributed by atoms with Crippen LogP contribution in [0.3, 0.4) is 0 Å². The van der Waals surface area contributed by atoms with Crippen molar-refractivity contribution in [3.63, 3.8) is 0 Å². The molecule has 0 atom stereocenters. The van der Waals surface area contributed by atoms with E-state index in [0.29, 0.717) is 0 Å². The smallest absolute Gasteiger partial charge is 0.486 e. The Labute approximate surface area is 150 Å². The van der Waals surface area contributed by atoms with Crippen LogP contribution < -0.4 is 56.1 Å². The Balaban J connectivity index is 0.00000361. The maximum absolute atomic E-state index is 13.0. The van der Waals surface area contributed by atoms with Crippen LogP contribution in [0.2, 0.25) is 0 Å². The normalized spacial score (nSPS) is 11.0. The van der Waals surface area contributed by atoms with Crippen LogP contribution in [0.15, 0.2) is 12.1 Å². The molecule has 0 saturated heterocycles. The van der Waals surface area contributed by atoms with Crippen molar-refractivity contribution in [1.82, 2.24) is 0 Å². The van der Waals surface area contributed by atoms with Gasteiger partial charge in [0.15, 0.2) is 5.75 Å². The number of benzene rings is 1. The Hall–Kier alpha value is -0.0987. The second-order valence-corrected chi connectivity index (χ2v) is 3.42. The van der Waals surface area contributed by atoms with Crippen LogP contribution in [-0.2, 0) is 0 Å². The molecule has 0 aromatic heterocycles. The molecular weight excluding hydrogens is 326 g/mol. The molecule has 0 heterocycles. The first-order valence-electron chi connectivity index (χ1n) is 4.59. The summed E-state index contributed by atoms with van der Waals surface area (Å²) in [5.74, 6) is -13.5. The molecule has 106 valence electrons. The van der Waals surface area contributed by atoms with E-state index in [4.69, 9.17) is 0 Å². The predicted molar refractivity (Wildman–Crippen MR) is 49.9 cm³/mol. The van der Waals surface area contributed by atoms with Crippen molar-refractivity contribution in [2.45, 2.75) is 0 Å². The second-order valence-electron chi connectivity index (χ2n) is 3.42. The van der Waals surface area contributed by atoms with Crippen molar-refractivity contribution in [3.8, 4) is 5.75 Å². The summed E-state index contributed by atoms with van der Waals surface area (Å²) in [6, 6.07) is 0. The van der Waals surface area contributed by atoms with Gasteiger partial charge in [0.25, 0.3) is 0 Å². The van der Waals surface area contributed by atoms with Gasteiger partial charge in [-0.2, -0.15) is 8.78 Å². The topological polar surface area (TPSA) is 9.23 Å². The van der Waals surface area contributed by atoms with Crippen LogP contribution in [0, 0.1) is 29.1 Å². The minimum atomic E-state index is -5.54. The van der Waals surface area contributed by atoms with E-state index in [1.807, 2.05) is 0 Å². The number of hydrogen-bond acceptors (Lipinski definition) is 1. The Bertz CT molecular complexity index is 501. The molecule has 0 fully saturated rings. The summed E-state index contributed by atoms with van der Waals surface area (Å²) in [5.41, 5.74) is -1.48. The van der Waals surface area contributed by atoms with Crippen LogP contribution in [0.1, 0.15) is 0 Å². The van der Waals surface area contributed by atoms with Crippen molar-refractivity contribution in [2.24, 2.45) is 0 Å². The van der Waals surface area contributed by atoms with Gasteiger partial charge in [0.05, 0.1) is 6.61 Å². The molecule has 0 bridgehead atoms. The van der Waals surface area contributed by atoms with Crippen LogP contribution in [0.5, 0.6) is 5.75 Å². The fraction of sp³-hybridized carbons (Fsp3) is 0.111. The van der Waals surface area contributed by atoms with Gasteiger partial charge < -0.3 is 17.7 Å². The van der Waals surface area contributed by atoms with Crippen LogP contribution in [0.25, 0.3) is 0 Å². The van der Waals surface area contributed by atoms with Crippen molar-refractivity contribution in [1.29, 1.82) is 0 Å². The maximum Gasteiger partial charge on any atom is 1.00 e. The van der Waals surface area contributed by atoms with Gasteiger partial charge >= 0.3 is 58.4 Å². The average molecular weight is 330 g/mol. The Morgan fingerprint density at radius 2 is 1.20 bits per heavy atom. The zero-order valence-corrected chi connectivity index (χ0v) is 13.0. The maximum atomic E-state index is 13.0. The van der Waals surface area contributed by atoms with E-state index in [-0.39, 0.29) is 51.4 Å². The SMILES string of the molecule is C=C(COc1c(F)c(F)c(F)c(F)c1F)[B-](F)(F)F.[K+]. The van der Waals surface area contributed by atoms with Crippen molar-refractivity contribution >= 4 is 6.98 Å². The molecule has 1 rings (SSSR count). The van der Waals surface area contributed by atoms with Gasteiger partial charge in [-0.05, 0) is 0 Å². The first kappa shape index (κ1) is 19.9. The van der Waals surface area contributed by atoms with E-state index >= 15 is 0 Å². The number of ether oxygens (including phenoxy) is 1. The average Bonchev–Trinajstić information content (AvgIpc) is 2.32. The van der Waals surface area contributed by atoms with Crippen LogP contribution in [0.4, 0.5) is 34.9 Å². The van der Waals surface area contributed by atoms with E-state index in [1.165, 1.54) is 0 Å². The molecule has 20 heavy (non-hydrogen) atoms. The van der Waals surface area contributed by atoms with Gasteiger partial charge in [-0.3, -0.25) is 0 Å². The second kappa shape index (κ2) is 7.25. The monoisotopic (exact) mass is 330 g/mol. The first-order chi connectivity index (χ1) is 8.57. The van der Waals surface area contributed by atoms with Gasteiger partial charge in [-0.25, -0.2) is 13.2 Å². The molecule has 1 nitrogen and oxygen atoms in total. The molecule has 0 N–H and O–H groups in total. The van der Waals surface area contributed by atoms with E-state index in [2.05, 4.69) is 11.3 Å². The molecule has 0 aliphatic rings. The summed E-state index contributed by atoms with van der Waals surface area (Å²) in [4.78, 5) is 0. The van der Waals surface area contributed by atoms with Crippen molar-refractivity contribution in [2.75, 3.05) is 6.61 Å². The van der Waals surface area contributed by atoms with Crippen molar-refractivity contribution in [3.05, 3.63) is 41.1 Å². The van der Waals surface area contributed by atoms with E-state index < -0.39 is 53.9 Å². The zero-order chi connectivity index (χ0) is 15.0. The van der Waals surface area contributed by atoms with Gasteiger partial charge in [-0.1, -0.05) is 0 Å². The third kappa shape index (κ3) is 4.20. The molecule has 0 unspecified atom stereocenters. The van der Waals surface area contributed by atoms with Crippen molar-refractivity contribution < 1.29 is 91.0 Å². The van der Waals surface area contributed by atoms with E-state index in [1.54, 1.807) is 0 Å². The fourth-order valence-corrected chi connectivity index (χ4v) is 0.971. The summed E-state index contributed by atoms with van der Waals surface area (Å²) in [5, 5.41) is 0. The molecule has 0 radical (unpaired) electrons. The molecule has 0 aliphatic heterocycles. The predicted octanol–water partition coefficient (Wildman–Crippen LogP) is 0.708. The number of rotatable bonds is 4. The molecule has 0 amide bonds. The molecular formula is C9H4BF8KO. The molecule has 0 spiro atoms. The third-order valence-electron chi connectivity index (χ3n) is 2.03. The summed E-state index contributed by atoms with van der Waals surface area (Å²) in [6.07, 6.45) is 0. The summed E-state index contributed by atoms with van der Waals surface area (Å²) in [6.45, 7) is -4.45. The third-order valence-corrected chi connectivity index (χ3v) is 2.03. The van der Waals surface area contributed by atoms with Gasteiger partial charge in [-0.15, -0.1) is 12.1 Å². The zero-order valence-electron chi connectivity index (χ0n) is 9.92. The number of halogens is 8. The molecule has 0 aliphatic carbocycles. The van der Waals surface area contributed by atoms with Gasteiger partial charge in [0.1, 0.15) is 0 Å². The molecule has 11 heteroatoms. The Morgan fingerprint density at radius 1 is 0.850 bits per heavy atom. The standard InChI is InChI=1S/C9H4BF8O.K/c1-3(10(16,17)18)2-19-9-7(14)5(12)4(11)6(13)8(9)15;/h1-2H2;/q-1;+1. The Morgan fingerprint density at radius 3 is 1.55 bits per heavy atom. The first-order valence-corrected chi connectivity index (χ1v) is 4.59. The summed E-state index contributed by atoms with van der Waals surface area (Å²) < 4.78 is 104. The van der Waals surface area contributed by atoms with Gasteiger partial charge in [0, 0.05) is 0 Å². The summed E-state index contributed by atoms with van der Waals surface area (Å²) in [7, 11) is 0. The van der Waals surface area contributed by atoms with E-state index in [0.717, 1.165) is 0 Å². The Kier molecular flexibility index (Phi) is 7.22. The number of hydrogen-bond donors (Lipinski definition) is 0. The quantitative estimate of drug-likeness (QED) is 0.342. The molecule has 1 aromatic rings. The minimum Gasteiger partial charge on any atom is -0.486 e. The minimum absolute atomic E-state index is 0. The van der Waals surface area contributed by atoms with E-state index in [9.17, 15) is 34.9 Å². The van der Waals surface area contributed by atoms with Gasteiger partial charge in [0.2, 0.25) is 29.1 Å². The van der Waals surface area contributed by atoms with Crippen LogP contribution in [-0.4, -0.2) is 13.6 Å². The fourth-order valence-electron chi connectivity index (χ4n) is 0.971. The largest absolute Gasteiger partial charge is 1.00 e. The van der Waals surface area contributed by atoms with Crippen LogP contribution >= 0.6 is 0 Å². The molecule has 1 aromatic carbocycles. The summed E-state index contributed by atoms with van der Waals surface area (Å²) >= 11 is 0. The molecule has 0 saturated carbocycles.